The molecule has 2 N–H and O–H groups in total. The summed E-state index contributed by atoms with van der Waals surface area (Å²) in [7, 11) is 0. The van der Waals surface area contributed by atoms with Crippen LogP contribution in [0, 0.1) is 0 Å². The maximum atomic E-state index is 11.1. The first-order valence-corrected chi connectivity index (χ1v) is 4.68. The molecule has 1 heterocycles. The van der Waals surface area contributed by atoms with Gasteiger partial charge in [0.15, 0.2) is 0 Å². The van der Waals surface area contributed by atoms with E-state index in [-0.39, 0.29) is 4.87 Å². The van der Waals surface area contributed by atoms with Crippen LogP contribution in [0.15, 0.2) is 40.5 Å². The van der Waals surface area contributed by atoms with Gasteiger partial charge in [0.05, 0.1) is 5.69 Å². The van der Waals surface area contributed by atoms with Crippen molar-refractivity contribution >= 4 is 11.3 Å². The lowest BCUT2D eigenvalue weighted by Gasteiger charge is -1.99. The van der Waals surface area contributed by atoms with Gasteiger partial charge in [0.2, 0.25) is 0 Å². The Balaban J connectivity index is 2.60. The van der Waals surface area contributed by atoms with E-state index >= 15 is 0 Å². The quantitative estimate of drug-likeness (QED) is 0.692. The molecule has 66 valence electrons. The zero-order valence-electron chi connectivity index (χ0n) is 6.81. The predicted molar refractivity (Wildman–Crippen MR) is 54.2 cm³/mol. The van der Waals surface area contributed by atoms with Crippen LogP contribution in [-0.4, -0.2) is 4.68 Å². The highest BCUT2D eigenvalue weighted by atomic mass is 32.1. The first-order valence-electron chi connectivity index (χ1n) is 3.80. The van der Waals surface area contributed by atoms with Gasteiger partial charge in [0.1, 0.15) is 0 Å². The van der Waals surface area contributed by atoms with Crippen LogP contribution in [-0.2, 0) is 0 Å². The van der Waals surface area contributed by atoms with Gasteiger partial charge in [-0.3, -0.25) is 4.79 Å². The van der Waals surface area contributed by atoms with Crippen LogP contribution in [0.1, 0.15) is 0 Å². The number of benzene rings is 1. The Bertz CT molecular complexity index is 458. The van der Waals surface area contributed by atoms with Gasteiger partial charge < -0.3 is 5.84 Å². The normalized spacial score (nSPS) is 10.2. The number of thiazole rings is 1. The number of nitrogen functional groups attached to an aromatic ring is 1. The predicted octanol–water partition coefficient (Wildman–Crippen LogP) is 1.29. The Hall–Kier alpha value is -1.55. The molecule has 0 unspecified atom stereocenters. The summed E-state index contributed by atoms with van der Waals surface area (Å²) in [4.78, 5) is 10.9. The van der Waals surface area contributed by atoms with Gasteiger partial charge in [-0.25, -0.2) is 4.68 Å². The molecule has 0 saturated heterocycles. The molecule has 3 nitrogen and oxygen atoms in total. The zero-order chi connectivity index (χ0) is 9.26. The standard InChI is InChI=1S/C9H8N2OS/c10-11-8(6-13-9(11)12)7-4-2-1-3-5-7/h1-6H,10H2. The molecule has 0 radical (unpaired) electrons. The third-order valence-electron chi connectivity index (χ3n) is 1.80. The molecule has 0 saturated carbocycles. The van der Waals surface area contributed by atoms with E-state index in [1.165, 1.54) is 4.68 Å². The second kappa shape index (κ2) is 3.06. The fraction of sp³-hybridized carbons (Fsp3) is 0. The highest BCUT2D eigenvalue weighted by Gasteiger charge is 2.04. The van der Waals surface area contributed by atoms with Gasteiger partial charge in [0, 0.05) is 10.9 Å². The second-order valence-corrected chi connectivity index (χ2v) is 3.44. The number of rotatable bonds is 1. The van der Waals surface area contributed by atoms with Crippen LogP contribution in [0.4, 0.5) is 0 Å². The van der Waals surface area contributed by atoms with E-state index in [1.807, 2.05) is 30.3 Å². The number of hydrogen-bond acceptors (Lipinski definition) is 3. The Morgan fingerprint density at radius 2 is 1.92 bits per heavy atom. The number of nitrogens with two attached hydrogens (primary N) is 1. The summed E-state index contributed by atoms with van der Waals surface area (Å²) in [5.74, 6) is 5.55. The van der Waals surface area contributed by atoms with Gasteiger partial charge >= 0.3 is 4.87 Å². The van der Waals surface area contributed by atoms with Crippen LogP contribution >= 0.6 is 11.3 Å². The number of nitrogens with zero attached hydrogens (tertiary/aromatic N) is 1. The molecule has 2 aromatic rings. The number of hydrogen-bond donors (Lipinski definition) is 1. The molecule has 13 heavy (non-hydrogen) atoms. The minimum absolute atomic E-state index is 0.140. The zero-order valence-corrected chi connectivity index (χ0v) is 7.62. The Morgan fingerprint density at radius 3 is 2.46 bits per heavy atom. The SMILES string of the molecule is Nn1c(-c2ccccc2)csc1=O. The van der Waals surface area contributed by atoms with Crippen LogP contribution in [0.3, 0.4) is 0 Å². The minimum atomic E-state index is -0.140. The van der Waals surface area contributed by atoms with Gasteiger partial charge in [-0.1, -0.05) is 41.7 Å². The van der Waals surface area contributed by atoms with Gasteiger partial charge in [0.25, 0.3) is 0 Å². The first kappa shape index (κ1) is 8.07. The largest absolute Gasteiger partial charge is 0.335 e. The van der Waals surface area contributed by atoms with Gasteiger partial charge in [-0.15, -0.1) is 0 Å². The van der Waals surface area contributed by atoms with E-state index in [0.717, 1.165) is 22.6 Å². The average molecular weight is 192 g/mol. The molecule has 0 spiro atoms. The summed E-state index contributed by atoms with van der Waals surface area (Å²) in [5, 5.41) is 1.76. The lowest BCUT2D eigenvalue weighted by Crippen LogP contribution is -2.22. The van der Waals surface area contributed by atoms with Crippen molar-refractivity contribution < 1.29 is 0 Å². The average Bonchev–Trinajstić information content (AvgIpc) is 2.49. The van der Waals surface area contributed by atoms with E-state index in [2.05, 4.69) is 0 Å². The van der Waals surface area contributed by atoms with E-state index in [9.17, 15) is 4.79 Å². The third-order valence-corrected chi connectivity index (χ3v) is 2.54. The maximum Gasteiger partial charge on any atom is 0.325 e. The third kappa shape index (κ3) is 1.36. The van der Waals surface area contributed by atoms with Crippen molar-refractivity contribution in [3.05, 3.63) is 45.4 Å². The molecule has 0 aliphatic carbocycles. The smallest absolute Gasteiger partial charge is 0.325 e. The Morgan fingerprint density at radius 1 is 1.23 bits per heavy atom. The fourth-order valence-electron chi connectivity index (χ4n) is 1.13. The summed E-state index contributed by atoms with van der Waals surface area (Å²) in [6, 6.07) is 9.60. The lowest BCUT2D eigenvalue weighted by molar-refractivity contribution is 0.992. The van der Waals surface area contributed by atoms with Gasteiger partial charge in [-0.2, -0.15) is 0 Å². The molecule has 0 amide bonds. The van der Waals surface area contributed by atoms with Crippen molar-refractivity contribution in [1.82, 2.24) is 4.68 Å². The highest BCUT2D eigenvalue weighted by molar-refractivity contribution is 7.07. The van der Waals surface area contributed by atoms with Crippen molar-refractivity contribution in [2.75, 3.05) is 5.84 Å². The second-order valence-electron chi connectivity index (χ2n) is 2.62. The molecule has 4 heteroatoms. The van der Waals surface area contributed by atoms with Crippen molar-refractivity contribution in [2.24, 2.45) is 0 Å². The summed E-state index contributed by atoms with van der Waals surface area (Å²) in [5.41, 5.74) is 1.72. The lowest BCUT2D eigenvalue weighted by atomic mass is 10.2. The number of aromatic nitrogens is 1. The first-order chi connectivity index (χ1) is 6.29. The van der Waals surface area contributed by atoms with Crippen molar-refractivity contribution in [2.45, 2.75) is 0 Å². The molecular weight excluding hydrogens is 184 g/mol. The fourth-order valence-corrected chi connectivity index (χ4v) is 1.81. The Labute approximate surface area is 79.0 Å². The van der Waals surface area contributed by atoms with Crippen LogP contribution < -0.4 is 10.7 Å². The molecule has 0 aliphatic heterocycles. The summed E-state index contributed by atoms with van der Waals surface area (Å²) < 4.78 is 1.17. The van der Waals surface area contributed by atoms with Crippen LogP contribution in [0.25, 0.3) is 11.3 Å². The molecule has 1 aromatic carbocycles. The molecule has 0 atom stereocenters. The molecule has 1 aromatic heterocycles. The monoisotopic (exact) mass is 192 g/mol. The highest BCUT2D eigenvalue weighted by Crippen LogP contribution is 2.17. The van der Waals surface area contributed by atoms with Gasteiger partial charge in [-0.05, 0) is 0 Å². The molecule has 0 aliphatic rings. The van der Waals surface area contributed by atoms with Crippen molar-refractivity contribution in [1.29, 1.82) is 0 Å². The Kier molecular flexibility index (Phi) is 1.90. The summed E-state index contributed by atoms with van der Waals surface area (Å²) in [6.07, 6.45) is 0. The van der Waals surface area contributed by atoms with E-state index in [1.54, 1.807) is 5.38 Å². The summed E-state index contributed by atoms with van der Waals surface area (Å²) >= 11 is 1.11. The van der Waals surface area contributed by atoms with E-state index in [0.29, 0.717) is 0 Å². The molecule has 0 bridgehead atoms. The van der Waals surface area contributed by atoms with Crippen LogP contribution in [0.2, 0.25) is 0 Å². The van der Waals surface area contributed by atoms with E-state index < -0.39 is 0 Å². The molecular formula is C9H8N2OS. The van der Waals surface area contributed by atoms with Crippen LogP contribution in [0.5, 0.6) is 0 Å². The summed E-state index contributed by atoms with van der Waals surface area (Å²) in [6.45, 7) is 0. The van der Waals surface area contributed by atoms with Crippen molar-refractivity contribution in [3.8, 4) is 11.3 Å². The molecule has 0 fully saturated rings. The minimum Gasteiger partial charge on any atom is -0.335 e. The maximum absolute atomic E-state index is 11.1. The van der Waals surface area contributed by atoms with Crippen molar-refractivity contribution in [3.63, 3.8) is 0 Å². The van der Waals surface area contributed by atoms with E-state index in [4.69, 9.17) is 5.84 Å². The molecule has 2 rings (SSSR count). The topological polar surface area (TPSA) is 48.0 Å².